The highest BCUT2D eigenvalue weighted by molar-refractivity contribution is 5.80. The van der Waals surface area contributed by atoms with Crippen molar-refractivity contribution in [1.82, 2.24) is 20.4 Å². The molecular formula is C17H22N4O2. The van der Waals surface area contributed by atoms with E-state index in [0.29, 0.717) is 0 Å². The molecule has 3 rings (SSSR count). The second-order valence-electron chi connectivity index (χ2n) is 6.19. The molecule has 4 amide bonds. The van der Waals surface area contributed by atoms with Crippen LogP contribution in [0.3, 0.4) is 0 Å². The van der Waals surface area contributed by atoms with Crippen LogP contribution in [-0.4, -0.2) is 54.2 Å². The molecule has 2 heterocycles. The van der Waals surface area contributed by atoms with E-state index in [0.717, 1.165) is 5.56 Å². The van der Waals surface area contributed by atoms with Gasteiger partial charge in [-0.2, -0.15) is 0 Å². The summed E-state index contributed by atoms with van der Waals surface area (Å²) in [7, 11) is 3.50. The molecule has 0 bridgehead atoms. The SMILES string of the molecule is CC1NC(=O)N(C)C2NC(=O)N(C)C(/C=C/c3ccccc3)C12. The van der Waals surface area contributed by atoms with Gasteiger partial charge in [0.15, 0.2) is 0 Å². The van der Waals surface area contributed by atoms with Crippen LogP contribution in [0.2, 0.25) is 0 Å². The third-order valence-electron chi connectivity index (χ3n) is 4.75. The second kappa shape index (κ2) is 5.95. The first-order valence-corrected chi connectivity index (χ1v) is 7.79. The molecule has 2 fully saturated rings. The first kappa shape index (κ1) is 15.4. The standard InChI is InChI=1S/C17H22N4O2/c1-11-14-13(10-9-12-7-5-4-6-8-12)20(2)17(23)19-15(14)21(3)16(22)18-11/h4-11,13-15H,1-3H3,(H,18,22)(H,19,23)/b10-9+. The molecule has 2 saturated heterocycles. The van der Waals surface area contributed by atoms with Crippen molar-refractivity contribution in [2.24, 2.45) is 5.92 Å². The number of nitrogens with zero attached hydrogens (tertiary/aromatic N) is 2. The lowest BCUT2D eigenvalue weighted by molar-refractivity contribution is 0.0407. The zero-order chi connectivity index (χ0) is 16.6. The van der Waals surface area contributed by atoms with Crippen LogP contribution in [0.1, 0.15) is 12.5 Å². The van der Waals surface area contributed by atoms with E-state index in [9.17, 15) is 9.59 Å². The fourth-order valence-electron chi connectivity index (χ4n) is 3.38. The summed E-state index contributed by atoms with van der Waals surface area (Å²) in [6.45, 7) is 1.98. The topological polar surface area (TPSA) is 64.7 Å². The van der Waals surface area contributed by atoms with Gasteiger partial charge in [0.1, 0.15) is 6.17 Å². The molecule has 0 radical (unpaired) electrons. The molecule has 6 nitrogen and oxygen atoms in total. The van der Waals surface area contributed by atoms with Crippen molar-refractivity contribution in [1.29, 1.82) is 0 Å². The maximum absolute atomic E-state index is 12.3. The molecule has 6 heteroatoms. The predicted molar refractivity (Wildman–Crippen MR) is 88.6 cm³/mol. The number of carbonyl (C=O) groups is 2. The maximum Gasteiger partial charge on any atom is 0.319 e. The van der Waals surface area contributed by atoms with Gasteiger partial charge < -0.3 is 20.4 Å². The molecule has 1 aromatic rings. The maximum atomic E-state index is 12.3. The third-order valence-corrected chi connectivity index (χ3v) is 4.75. The minimum Gasteiger partial charge on any atom is -0.335 e. The van der Waals surface area contributed by atoms with Crippen LogP contribution in [0.5, 0.6) is 0 Å². The quantitative estimate of drug-likeness (QED) is 0.873. The Morgan fingerprint density at radius 3 is 2.35 bits per heavy atom. The zero-order valence-corrected chi connectivity index (χ0v) is 13.6. The van der Waals surface area contributed by atoms with Crippen molar-refractivity contribution in [3.05, 3.63) is 42.0 Å². The molecule has 122 valence electrons. The molecule has 4 atom stereocenters. The lowest BCUT2D eigenvalue weighted by atomic mass is 9.84. The minimum absolute atomic E-state index is 0.0304. The molecular weight excluding hydrogens is 292 g/mol. The Balaban J connectivity index is 1.91. The van der Waals surface area contributed by atoms with E-state index in [-0.39, 0.29) is 36.2 Å². The van der Waals surface area contributed by atoms with Gasteiger partial charge in [-0.05, 0) is 12.5 Å². The number of hydrogen-bond donors (Lipinski definition) is 2. The zero-order valence-electron chi connectivity index (χ0n) is 13.6. The van der Waals surface area contributed by atoms with Gasteiger partial charge >= 0.3 is 12.1 Å². The number of benzene rings is 1. The average Bonchev–Trinajstić information content (AvgIpc) is 2.54. The Hall–Kier alpha value is -2.50. The Labute approximate surface area is 136 Å². The van der Waals surface area contributed by atoms with Gasteiger partial charge in [-0.1, -0.05) is 42.5 Å². The first-order valence-electron chi connectivity index (χ1n) is 7.79. The lowest BCUT2D eigenvalue weighted by Crippen LogP contribution is -2.73. The number of rotatable bonds is 2. The summed E-state index contributed by atoms with van der Waals surface area (Å²) in [6.07, 6.45) is 3.78. The average molecular weight is 314 g/mol. The fourth-order valence-corrected chi connectivity index (χ4v) is 3.38. The normalized spacial score (nSPS) is 30.9. The number of fused-ring (bicyclic) bond motifs is 1. The van der Waals surface area contributed by atoms with Crippen molar-refractivity contribution in [3.8, 4) is 0 Å². The first-order chi connectivity index (χ1) is 11.0. The molecule has 2 aliphatic rings. The summed E-state index contributed by atoms with van der Waals surface area (Å²) in [6, 6.07) is 9.54. The monoisotopic (exact) mass is 314 g/mol. The van der Waals surface area contributed by atoms with Crippen molar-refractivity contribution in [2.75, 3.05) is 14.1 Å². The number of likely N-dealkylation sites (N-methyl/N-ethyl adjacent to an activating group) is 1. The van der Waals surface area contributed by atoms with Gasteiger partial charge in [0, 0.05) is 26.1 Å². The molecule has 0 spiro atoms. The molecule has 0 aliphatic carbocycles. The number of nitrogens with one attached hydrogen (secondary N) is 2. The molecule has 0 aromatic heterocycles. The molecule has 23 heavy (non-hydrogen) atoms. The molecule has 4 unspecified atom stereocenters. The van der Waals surface area contributed by atoms with Gasteiger partial charge in [0.05, 0.1) is 6.04 Å². The molecule has 0 saturated carbocycles. The largest absolute Gasteiger partial charge is 0.335 e. The van der Waals surface area contributed by atoms with E-state index >= 15 is 0 Å². The van der Waals surface area contributed by atoms with E-state index in [1.165, 1.54) is 0 Å². The van der Waals surface area contributed by atoms with Gasteiger partial charge in [0.25, 0.3) is 0 Å². The van der Waals surface area contributed by atoms with Crippen LogP contribution in [-0.2, 0) is 0 Å². The van der Waals surface area contributed by atoms with E-state index < -0.39 is 0 Å². The smallest absolute Gasteiger partial charge is 0.319 e. The van der Waals surface area contributed by atoms with Crippen LogP contribution in [0, 0.1) is 5.92 Å². The number of carbonyl (C=O) groups excluding carboxylic acids is 2. The van der Waals surface area contributed by atoms with E-state index in [1.807, 2.05) is 49.4 Å². The van der Waals surface area contributed by atoms with Crippen LogP contribution >= 0.6 is 0 Å². The Morgan fingerprint density at radius 1 is 1.00 bits per heavy atom. The van der Waals surface area contributed by atoms with Crippen LogP contribution < -0.4 is 10.6 Å². The Bertz CT molecular complexity index is 631. The third kappa shape index (κ3) is 2.76. The molecule has 1 aromatic carbocycles. The van der Waals surface area contributed by atoms with Crippen LogP contribution in [0.15, 0.2) is 36.4 Å². The summed E-state index contributed by atoms with van der Waals surface area (Å²) in [4.78, 5) is 27.5. The summed E-state index contributed by atoms with van der Waals surface area (Å²) in [5.74, 6) is 0.0698. The van der Waals surface area contributed by atoms with Gasteiger partial charge in [-0.3, -0.25) is 0 Å². The Kier molecular flexibility index (Phi) is 3.98. The van der Waals surface area contributed by atoms with Crippen molar-refractivity contribution >= 4 is 18.1 Å². The van der Waals surface area contributed by atoms with Crippen molar-refractivity contribution in [3.63, 3.8) is 0 Å². The summed E-state index contributed by atoms with van der Waals surface area (Å²) < 4.78 is 0. The van der Waals surface area contributed by atoms with E-state index in [1.54, 1.807) is 23.9 Å². The minimum atomic E-state index is -0.298. The highest BCUT2D eigenvalue weighted by Gasteiger charge is 2.48. The Morgan fingerprint density at radius 2 is 1.65 bits per heavy atom. The van der Waals surface area contributed by atoms with Gasteiger partial charge in [-0.25, -0.2) is 9.59 Å². The van der Waals surface area contributed by atoms with Crippen molar-refractivity contribution < 1.29 is 9.59 Å². The fraction of sp³-hybridized carbons (Fsp3) is 0.412. The number of urea groups is 2. The number of amides is 4. The van der Waals surface area contributed by atoms with E-state index in [4.69, 9.17) is 0 Å². The molecule has 2 aliphatic heterocycles. The predicted octanol–water partition coefficient (Wildman–Crippen LogP) is 1.71. The van der Waals surface area contributed by atoms with Crippen LogP contribution in [0.25, 0.3) is 6.08 Å². The second-order valence-corrected chi connectivity index (χ2v) is 6.19. The van der Waals surface area contributed by atoms with Crippen LogP contribution in [0.4, 0.5) is 9.59 Å². The highest BCUT2D eigenvalue weighted by Crippen LogP contribution is 2.29. The molecule has 2 N–H and O–H groups in total. The summed E-state index contributed by atoms with van der Waals surface area (Å²) >= 11 is 0. The van der Waals surface area contributed by atoms with Gasteiger partial charge in [-0.15, -0.1) is 0 Å². The van der Waals surface area contributed by atoms with E-state index in [2.05, 4.69) is 10.6 Å². The summed E-state index contributed by atoms with van der Waals surface area (Å²) in [5, 5.41) is 5.89. The lowest BCUT2D eigenvalue weighted by Gasteiger charge is -2.51. The highest BCUT2D eigenvalue weighted by atomic mass is 16.2. The van der Waals surface area contributed by atoms with Gasteiger partial charge in [0.2, 0.25) is 0 Å². The summed E-state index contributed by atoms with van der Waals surface area (Å²) in [5.41, 5.74) is 1.09. The van der Waals surface area contributed by atoms with Crippen molar-refractivity contribution in [2.45, 2.75) is 25.2 Å². The number of hydrogen-bond acceptors (Lipinski definition) is 2.